The Kier molecular flexibility index (Phi) is 4.12. The first-order chi connectivity index (χ1) is 7.87. The molecule has 1 aromatic carbocycles. The molecular weight excluding hydrogens is 303 g/mol. The van der Waals surface area contributed by atoms with Crippen LogP contribution in [0.3, 0.4) is 0 Å². The SMILES string of the molecule is N#Cc1ccc(OC(F)(F)F)c(C(=O)CBr)c1. The van der Waals surface area contributed by atoms with E-state index in [4.69, 9.17) is 5.26 Å². The summed E-state index contributed by atoms with van der Waals surface area (Å²) in [6.07, 6.45) is -4.88. The molecule has 0 aliphatic rings. The third-order valence-corrected chi connectivity index (χ3v) is 2.27. The molecule has 0 bridgehead atoms. The highest BCUT2D eigenvalue weighted by molar-refractivity contribution is 9.09. The molecule has 17 heavy (non-hydrogen) atoms. The number of alkyl halides is 4. The minimum absolute atomic E-state index is 0.0869. The Bertz CT molecular complexity index is 479. The highest BCUT2D eigenvalue weighted by atomic mass is 79.9. The van der Waals surface area contributed by atoms with Crippen LogP contribution in [0, 0.1) is 11.3 Å². The topological polar surface area (TPSA) is 50.1 Å². The summed E-state index contributed by atoms with van der Waals surface area (Å²) in [5.41, 5.74) is -0.193. The summed E-state index contributed by atoms with van der Waals surface area (Å²) in [6.45, 7) is 0. The van der Waals surface area contributed by atoms with Gasteiger partial charge in [-0.3, -0.25) is 4.79 Å². The standard InChI is InChI=1S/C10H5BrF3NO2/c11-4-8(16)7-3-6(5-15)1-2-9(7)17-10(12,13)14/h1-3H,4H2. The van der Waals surface area contributed by atoms with Crippen molar-refractivity contribution in [3.63, 3.8) is 0 Å². The molecule has 0 saturated carbocycles. The number of ketones is 1. The van der Waals surface area contributed by atoms with Crippen molar-refractivity contribution in [3.8, 4) is 11.8 Å². The molecule has 1 aromatic rings. The quantitative estimate of drug-likeness (QED) is 0.637. The molecule has 0 aliphatic heterocycles. The third kappa shape index (κ3) is 3.75. The van der Waals surface area contributed by atoms with E-state index in [9.17, 15) is 18.0 Å². The molecule has 1 rings (SSSR count). The van der Waals surface area contributed by atoms with E-state index < -0.39 is 17.9 Å². The zero-order valence-corrected chi connectivity index (χ0v) is 9.80. The summed E-state index contributed by atoms with van der Waals surface area (Å²) in [5.74, 6) is -1.21. The summed E-state index contributed by atoms with van der Waals surface area (Å²) in [4.78, 5) is 11.4. The molecular formula is C10H5BrF3NO2. The van der Waals surface area contributed by atoms with E-state index in [1.807, 2.05) is 0 Å². The molecule has 0 saturated heterocycles. The fraction of sp³-hybridized carbons (Fsp3) is 0.200. The lowest BCUT2D eigenvalue weighted by atomic mass is 10.1. The van der Waals surface area contributed by atoms with Crippen LogP contribution >= 0.6 is 15.9 Å². The van der Waals surface area contributed by atoms with Crippen molar-refractivity contribution in [3.05, 3.63) is 29.3 Å². The summed E-state index contributed by atoms with van der Waals surface area (Å²) in [5, 5.41) is 8.45. The van der Waals surface area contributed by atoms with Crippen LogP contribution in [0.2, 0.25) is 0 Å². The molecule has 90 valence electrons. The second kappa shape index (κ2) is 5.19. The molecule has 0 N–H and O–H groups in total. The molecule has 0 atom stereocenters. The van der Waals surface area contributed by atoms with Crippen LogP contribution < -0.4 is 4.74 Å². The van der Waals surface area contributed by atoms with Crippen molar-refractivity contribution < 1.29 is 22.7 Å². The van der Waals surface area contributed by atoms with Crippen molar-refractivity contribution in [1.29, 1.82) is 5.26 Å². The highest BCUT2D eigenvalue weighted by Crippen LogP contribution is 2.27. The Labute approximate surface area is 103 Å². The number of nitrogens with zero attached hydrogens (tertiary/aromatic N) is 1. The maximum Gasteiger partial charge on any atom is 0.573 e. The Hall–Kier alpha value is -1.55. The fourth-order valence-corrected chi connectivity index (χ4v) is 1.41. The van der Waals surface area contributed by atoms with Gasteiger partial charge in [-0.2, -0.15) is 5.26 Å². The van der Waals surface area contributed by atoms with Gasteiger partial charge in [-0.1, -0.05) is 15.9 Å². The van der Waals surface area contributed by atoms with Gasteiger partial charge in [0, 0.05) is 0 Å². The minimum atomic E-state index is -4.88. The molecule has 0 heterocycles. The number of benzene rings is 1. The third-order valence-electron chi connectivity index (χ3n) is 1.76. The Balaban J connectivity index is 3.21. The summed E-state index contributed by atoms with van der Waals surface area (Å²) < 4.78 is 39.9. The van der Waals surface area contributed by atoms with E-state index in [2.05, 4.69) is 20.7 Å². The lowest BCUT2D eigenvalue weighted by Gasteiger charge is -2.12. The number of nitriles is 1. The molecule has 0 radical (unpaired) electrons. The number of hydrogen-bond acceptors (Lipinski definition) is 3. The fourth-order valence-electron chi connectivity index (χ4n) is 1.10. The molecule has 7 heteroatoms. The predicted octanol–water partition coefficient (Wildman–Crippen LogP) is 3.03. The molecule has 0 fully saturated rings. The molecule has 3 nitrogen and oxygen atoms in total. The van der Waals surface area contributed by atoms with Gasteiger partial charge in [0.1, 0.15) is 5.75 Å². The van der Waals surface area contributed by atoms with Gasteiger partial charge in [0.25, 0.3) is 0 Å². The van der Waals surface area contributed by atoms with Gasteiger partial charge in [0.15, 0.2) is 5.78 Å². The number of rotatable bonds is 3. The molecule has 0 aliphatic carbocycles. The van der Waals surface area contributed by atoms with Crippen LogP contribution in [0.5, 0.6) is 5.75 Å². The van der Waals surface area contributed by atoms with E-state index in [0.717, 1.165) is 18.2 Å². The maximum atomic E-state index is 12.1. The van der Waals surface area contributed by atoms with Crippen molar-refractivity contribution in [2.75, 3.05) is 5.33 Å². The van der Waals surface area contributed by atoms with Crippen LogP contribution in [0.25, 0.3) is 0 Å². The molecule has 0 aromatic heterocycles. The van der Waals surface area contributed by atoms with Gasteiger partial charge >= 0.3 is 6.36 Å². The summed E-state index contributed by atoms with van der Waals surface area (Å²) in [6, 6.07) is 4.88. The second-order valence-electron chi connectivity index (χ2n) is 2.93. The number of carbonyl (C=O) groups is 1. The first kappa shape index (κ1) is 13.5. The van der Waals surface area contributed by atoms with Crippen LogP contribution in [0.1, 0.15) is 15.9 Å². The Morgan fingerprint density at radius 3 is 2.59 bits per heavy atom. The van der Waals surface area contributed by atoms with Gasteiger partial charge in [-0.15, -0.1) is 13.2 Å². The van der Waals surface area contributed by atoms with E-state index in [0.29, 0.717) is 0 Å². The second-order valence-corrected chi connectivity index (χ2v) is 3.49. The van der Waals surface area contributed by atoms with Gasteiger partial charge in [-0.05, 0) is 18.2 Å². The number of halogens is 4. The minimum Gasteiger partial charge on any atom is -0.405 e. The van der Waals surface area contributed by atoms with E-state index in [1.165, 1.54) is 0 Å². The van der Waals surface area contributed by atoms with Crippen molar-refractivity contribution in [2.24, 2.45) is 0 Å². The normalized spacial score (nSPS) is 10.8. The lowest BCUT2D eigenvalue weighted by molar-refractivity contribution is -0.274. The van der Waals surface area contributed by atoms with Crippen LogP contribution in [0.4, 0.5) is 13.2 Å². The molecule has 0 spiro atoms. The predicted molar refractivity (Wildman–Crippen MR) is 56.0 cm³/mol. The smallest absolute Gasteiger partial charge is 0.405 e. The lowest BCUT2D eigenvalue weighted by Crippen LogP contribution is -2.19. The van der Waals surface area contributed by atoms with Gasteiger partial charge in [-0.25, -0.2) is 0 Å². The average molecular weight is 308 g/mol. The van der Waals surface area contributed by atoms with Gasteiger partial charge in [0.05, 0.1) is 22.5 Å². The average Bonchev–Trinajstić information content (AvgIpc) is 2.26. The van der Waals surface area contributed by atoms with Crippen LogP contribution in [0.15, 0.2) is 18.2 Å². The largest absolute Gasteiger partial charge is 0.573 e. The first-order valence-electron chi connectivity index (χ1n) is 4.26. The zero-order chi connectivity index (χ0) is 13.1. The van der Waals surface area contributed by atoms with E-state index in [1.54, 1.807) is 6.07 Å². The van der Waals surface area contributed by atoms with Crippen molar-refractivity contribution in [2.45, 2.75) is 6.36 Å². The summed E-state index contributed by atoms with van der Waals surface area (Å²) >= 11 is 2.84. The van der Waals surface area contributed by atoms with Crippen molar-refractivity contribution in [1.82, 2.24) is 0 Å². The Morgan fingerprint density at radius 2 is 2.12 bits per heavy atom. The number of carbonyl (C=O) groups excluding carboxylic acids is 1. The number of hydrogen-bond donors (Lipinski definition) is 0. The van der Waals surface area contributed by atoms with Crippen LogP contribution in [-0.4, -0.2) is 17.5 Å². The Morgan fingerprint density at radius 1 is 1.47 bits per heavy atom. The molecule has 0 amide bonds. The van der Waals surface area contributed by atoms with Gasteiger partial charge < -0.3 is 4.74 Å². The van der Waals surface area contributed by atoms with Gasteiger partial charge in [0.2, 0.25) is 0 Å². The highest BCUT2D eigenvalue weighted by Gasteiger charge is 2.32. The van der Waals surface area contributed by atoms with Crippen molar-refractivity contribution >= 4 is 21.7 Å². The van der Waals surface area contributed by atoms with E-state index >= 15 is 0 Å². The van der Waals surface area contributed by atoms with Crippen LogP contribution in [-0.2, 0) is 0 Å². The number of ether oxygens (including phenoxy) is 1. The summed E-state index contributed by atoms with van der Waals surface area (Å²) in [7, 11) is 0. The zero-order valence-electron chi connectivity index (χ0n) is 8.21. The monoisotopic (exact) mass is 307 g/mol. The number of Topliss-reactive ketones (excluding diaryl/α,β-unsaturated/α-hetero) is 1. The molecule has 0 unspecified atom stereocenters. The van der Waals surface area contributed by atoms with E-state index in [-0.39, 0.29) is 16.5 Å². The first-order valence-corrected chi connectivity index (χ1v) is 5.38. The maximum absolute atomic E-state index is 12.1.